The highest BCUT2D eigenvalue weighted by molar-refractivity contribution is 5.75. The van der Waals surface area contributed by atoms with Crippen molar-refractivity contribution >= 4 is 0 Å². The van der Waals surface area contributed by atoms with Gasteiger partial charge in [-0.3, -0.25) is 0 Å². The number of ether oxygens (including phenoxy) is 1. The van der Waals surface area contributed by atoms with Crippen LogP contribution in [0.1, 0.15) is 120 Å². The minimum Gasteiger partial charge on any atom is -0.494 e. The third-order valence-electron chi connectivity index (χ3n) is 9.14. The monoisotopic (exact) mass is 482 g/mol. The number of rotatable bonds is 12. The topological polar surface area (TPSA) is 56.8 Å². The minimum absolute atomic E-state index is 0.0656. The van der Waals surface area contributed by atoms with Gasteiger partial charge in [-0.2, -0.15) is 10.5 Å². The molecule has 0 atom stereocenters. The Kier molecular flexibility index (Phi) is 8.74. The summed E-state index contributed by atoms with van der Waals surface area (Å²) in [5.74, 6) is 0.847. The predicted octanol–water partition coefficient (Wildman–Crippen LogP) is 9.23. The molecule has 2 aromatic carbocycles. The first-order valence-electron chi connectivity index (χ1n) is 14.3. The van der Waals surface area contributed by atoms with Gasteiger partial charge in [0.05, 0.1) is 17.7 Å². The molecule has 2 bridgehead atoms. The minimum atomic E-state index is 0.0656. The van der Waals surface area contributed by atoms with E-state index in [4.69, 9.17) is 4.74 Å². The van der Waals surface area contributed by atoms with Gasteiger partial charge < -0.3 is 4.74 Å². The molecule has 3 aliphatic rings. The first kappa shape index (κ1) is 26.3. The lowest BCUT2D eigenvalue weighted by Crippen LogP contribution is -2.44. The molecule has 3 fully saturated rings. The molecule has 0 unspecified atom stereocenters. The number of nitriles is 2. The molecule has 0 saturated heterocycles. The van der Waals surface area contributed by atoms with Crippen LogP contribution in [0.25, 0.3) is 11.1 Å². The van der Waals surface area contributed by atoms with Gasteiger partial charge in [0.25, 0.3) is 0 Å². The Morgan fingerprint density at radius 2 is 1.36 bits per heavy atom. The highest BCUT2D eigenvalue weighted by atomic mass is 16.5. The van der Waals surface area contributed by atoms with E-state index in [1.165, 1.54) is 57.8 Å². The molecule has 36 heavy (non-hydrogen) atoms. The molecule has 3 aliphatic carbocycles. The van der Waals surface area contributed by atoms with Gasteiger partial charge in [-0.25, -0.2) is 0 Å². The van der Waals surface area contributed by atoms with Gasteiger partial charge in [0.1, 0.15) is 17.9 Å². The number of benzene rings is 2. The van der Waals surface area contributed by atoms with Crippen LogP contribution in [0.3, 0.4) is 0 Å². The van der Waals surface area contributed by atoms with Crippen LogP contribution in [-0.2, 0) is 5.41 Å². The number of fused-ring (bicyclic) bond motifs is 3. The SMILES string of the molecule is CCCCCCCC12CCC(c3ccc(-c4ccc(OCCCC)cc4)c(C#N)c3C#N)(CC1)CC2. The Morgan fingerprint density at radius 3 is 1.97 bits per heavy atom. The van der Waals surface area contributed by atoms with E-state index in [0.717, 1.165) is 61.2 Å². The molecule has 0 heterocycles. The lowest BCUT2D eigenvalue weighted by Gasteiger charge is -2.54. The van der Waals surface area contributed by atoms with E-state index in [9.17, 15) is 10.5 Å². The standard InChI is InChI=1S/C33H42N2O/c1-3-5-7-8-9-16-32-17-20-33(21-18-32,22-19-32)31-15-14-28(29(24-34)30(31)25-35)26-10-12-27(13-11-26)36-23-6-4-2/h10-15H,3-9,16-23H2,1-2H3. The van der Waals surface area contributed by atoms with Crippen molar-refractivity contribution in [1.82, 2.24) is 0 Å². The molecule has 5 rings (SSSR count). The van der Waals surface area contributed by atoms with Crippen molar-refractivity contribution in [3.63, 3.8) is 0 Å². The van der Waals surface area contributed by atoms with E-state index in [1.807, 2.05) is 24.3 Å². The van der Waals surface area contributed by atoms with Gasteiger partial charge in [-0.1, -0.05) is 76.6 Å². The number of hydrogen-bond donors (Lipinski definition) is 0. The van der Waals surface area contributed by atoms with Gasteiger partial charge in [0, 0.05) is 5.56 Å². The van der Waals surface area contributed by atoms with Crippen LogP contribution in [-0.4, -0.2) is 6.61 Å². The molecule has 0 radical (unpaired) electrons. The van der Waals surface area contributed by atoms with Crippen molar-refractivity contribution < 1.29 is 4.74 Å². The maximum atomic E-state index is 10.2. The van der Waals surface area contributed by atoms with Crippen LogP contribution < -0.4 is 4.74 Å². The van der Waals surface area contributed by atoms with Crippen LogP contribution in [0.2, 0.25) is 0 Å². The molecule has 2 aromatic rings. The lowest BCUT2D eigenvalue weighted by molar-refractivity contribution is 0.0303. The van der Waals surface area contributed by atoms with Gasteiger partial charge in [-0.15, -0.1) is 0 Å². The smallest absolute Gasteiger partial charge is 0.119 e. The van der Waals surface area contributed by atoms with Crippen LogP contribution in [0, 0.1) is 28.1 Å². The van der Waals surface area contributed by atoms with Gasteiger partial charge in [0.15, 0.2) is 0 Å². The van der Waals surface area contributed by atoms with E-state index in [1.54, 1.807) is 0 Å². The molecule has 3 nitrogen and oxygen atoms in total. The molecule has 3 heteroatoms. The van der Waals surface area contributed by atoms with E-state index in [-0.39, 0.29) is 5.41 Å². The number of nitrogens with zero attached hydrogens (tertiary/aromatic N) is 2. The van der Waals surface area contributed by atoms with Gasteiger partial charge in [0.2, 0.25) is 0 Å². The van der Waals surface area contributed by atoms with Crippen molar-refractivity contribution in [1.29, 1.82) is 10.5 Å². The maximum absolute atomic E-state index is 10.2. The Labute approximate surface area is 218 Å². The van der Waals surface area contributed by atoms with E-state index in [0.29, 0.717) is 16.5 Å². The zero-order chi connectivity index (χ0) is 25.4. The predicted molar refractivity (Wildman–Crippen MR) is 147 cm³/mol. The van der Waals surface area contributed by atoms with Crippen LogP contribution in [0.15, 0.2) is 36.4 Å². The molecular weight excluding hydrogens is 440 g/mol. The first-order chi connectivity index (χ1) is 17.6. The van der Waals surface area contributed by atoms with E-state index < -0.39 is 0 Å². The molecule has 0 aromatic heterocycles. The normalized spacial score (nSPS) is 22.7. The highest BCUT2D eigenvalue weighted by Gasteiger charge is 2.49. The van der Waals surface area contributed by atoms with E-state index >= 15 is 0 Å². The Balaban J connectivity index is 1.52. The fourth-order valence-electron chi connectivity index (χ4n) is 6.73. The molecule has 0 amide bonds. The second kappa shape index (κ2) is 12.0. The average Bonchev–Trinajstić information content (AvgIpc) is 2.93. The zero-order valence-electron chi connectivity index (χ0n) is 22.4. The zero-order valence-corrected chi connectivity index (χ0v) is 22.4. The maximum Gasteiger partial charge on any atom is 0.119 e. The summed E-state index contributed by atoms with van der Waals surface area (Å²) in [6.07, 6.45) is 17.6. The molecule has 0 aliphatic heterocycles. The summed E-state index contributed by atoms with van der Waals surface area (Å²) in [6.45, 7) is 5.15. The van der Waals surface area contributed by atoms with Crippen LogP contribution >= 0.6 is 0 Å². The second-order valence-electron chi connectivity index (χ2n) is 11.3. The quantitative estimate of drug-likeness (QED) is 0.283. The Hall–Kier alpha value is -2.78. The summed E-state index contributed by atoms with van der Waals surface area (Å²) >= 11 is 0. The lowest BCUT2D eigenvalue weighted by atomic mass is 9.50. The number of unbranched alkanes of at least 4 members (excludes halogenated alkanes) is 5. The summed E-state index contributed by atoms with van der Waals surface area (Å²) in [4.78, 5) is 0. The van der Waals surface area contributed by atoms with Crippen molar-refractivity contribution in [2.45, 2.75) is 109 Å². The third-order valence-corrected chi connectivity index (χ3v) is 9.14. The van der Waals surface area contributed by atoms with Crippen molar-refractivity contribution in [2.24, 2.45) is 5.41 Å². The number of hydrogen-bond acceptors (Lipinski definition) is 3. The summed E-state index contributed by atoms with van der Waals surface area (Å²) in [5, 5.41) is 20.4. The molecule has 0 spiro atoms. The summed E-state index contributed by atoms with van der Waals surface area (Å²) in [7, 11) is 0. The first-order valence-corrected chi connectivity index (χ1v) is 14.3. The van der Waals surface area contributed by atoms with Gasteiger partial charge >= 0.3 is 0 Å². The van der Waals surface area contributed by atoms with Crippen LogP contribution in [0.5, 0.6) is 5.75 Å². The third kappa shape index (κ3) is 5.47. The summed E-state index contributed by atoms with van der Waals surface area (Å²) < 4.78 is 5.80. The van der Waals surface area contributed by atoms with Gasteiger partial charge in [-0.05, 0) is 85.5 Å². The van der Waals surface area contributed by atoms with Crippen LogP contribution in [0.4, 0.5) is 0 Å². The molecule has 0 N–H and O–H groups in total. The van der Waals surface area contributed by atoms with Crippen molar-refractivity contribution in [3.05, 3.63) is 53.1 Å². The summed E-state index contributed by atoms with van der Waals surface area (Å²) in [5.41, 5.74) is 4.66. The fraction of sp³-hybridized carbons (Fsp3) is 0.576. The summed E-state index contributed by atoms with van der Waals surface area (Å²) in [6, 6.07) is 17.1. The second-order valence-corrected chi connectivity index (χ2v) is 11.3. The van der Waals surface area contributed by atoms with Crippen molar-refractivity contribution in [2.75, 3.05) is 6.61 Å². The Bertz CT molecular complexity index is 1080. The molecule has 190 valence electrons. The fourth-order valence-corrected chi connectivity index (χ4v) is 6.73. The average molecular weight is 483 g/mol. The molecule has 3 saturated carbocycles. The van der Waals surface area contributed by atoms with Crippen molar-refractivity contribution in [3.8, 4) is 29.0 Å². The van der Waals surface area contributed by atoms with E-state index in [2.05, 4.69) is 38.1 Å². The molecular formula is C33H42N2O. The highest BCUT2D eigenvalue weighted by Crippen LogP contribution is 2.60. The Morgan fingerprint density at radius 1 is 0.722 bits per heavy atom. The largest absolute Gasteiger partial charge is 0.494 e.